The van der Waals surface area contributed by atoms with Crippen molar-refractivity contribution in [1.29, 1.82) is 0 Å². The summed E-state index contributed by atoms with van der Waals surface area (Å²) in [6.07, 6.45) is 2.81. The van der Waals surface area contributed by atoms with Crippen molar-refractivity contribution in [1.82, 2.24) is 9.80 Å². The molecule has 1 amide bonds. The summed E-state index contributed by atoms with van der Waals surface area (Å²) in [5.41, 5.74) is 1.31. The van der Waals surface area contributed by atoms with Crippen molar-refractivity contribution in [2.75, 3.05) is 57.8 Å². The van der Waals surface area contributed by atoms with Crippen LogP contribution in [-0.4, -0.2) is 74.7 Å². The molecule has 0 radical (unpaired) electrons. The third kappa shape index (κ3) is 4.71. The van der Waals surface area contributed by atoms with Gasteiger partial charge in [0.15, 0.2) is 0 Å². The first-order valence-electron chi connectivity index (χ1n) is 9.10. The molecular weight excluding hydrogens is 302 g/mol. The highest BCUT2D eigenvalue weighted by Crippen LogP contribution is 2.17. The van der Waals surface area contributed by atoms with Crippen molar-refractivity contribution in [2.45, 2.75) is 25.4 Å². The fourth-order valence-corrected chi connectivity index (χ4v) is 3.44. The molecule has 2 fully saturated rings. The number of anilines is 1. The third-order valence-corrected chi connectivity index (χ3v) is 5.10. The molecule has 2 aliphatic heterocycles. The molecule has 132 valence electrons. The maximum atomic E-state index is 12.2. The molecule has 1 aromatic rings. The van der Waals surface area contributed by atoms with Crippen LogP contribution in [0.25, 0.3) is 0 Å². The van der Waals surface area contributed by atoms with E-state index in [9.17, 15) is 4.79 Å². The van der Waals surface area contributed by atoms with Gasteiger partial charge in [-0.05, 0) is 25.0 Å². The van der Waals surface area contributed by atoms with Crippen LogP contribution in [0, 0.1) is 0 Å². The average molecular weight is 331 g/mol. The first kappa shape index (κ1) is 17.2. The predicted molar refractivity (Wildman–Crippen MR) is 96.3 cm³/mol. The lowest BCUT2D eigenvalue weighted by atomic mass is 10.1. The van der Waals surface area contributed by atoms with E-state index in [2.05, 4.69) is 40.1 Å². The summed E-state index contributed by atoms with van der Waals surface area (Å²) in [4.78, 5) is 19.0. The minimum Gasteiger partial charge on any atom is -0.378 e. The largest absolute Gasteiger partial charge is 0.378 e. The molecule has 0 spiro atoms. The molecule has 5 nitrogen and oxygen atoms in total. The van der Waals surface area contributed by atoms with Crippen LogP contribution >= 0.6 is 0 Å². The van der Waals surface area contributed by atoms with Gasteiger partial charge in [0.25, 0.3) is 0 Å². The van der Waals surface area contributed by atoms with E-state index in [4.69, 9.17) is 4.74 Å². The van der Waals surface area contributed by atoms with Gasteiger partial charge in [0.05, 0.1) is 12.5 Å². The van der Waals surface area contributed by atoms with E-state index in [1.54, 1.807) is 0 Å². The maximum absolute atomic E-state index is 12.2. The lowest BCUT2D eigenvalue weighted by molar-refractivity contribution is -0.132. The van der Waals surface area contributed by atoms with E-state index in [0.29, 0.717) is 6.42 Å². The van der Waals surface area contributed by atoms with E-state index in [1.807, 2.05) is 11.9 Å². The van der Waals surface area contributed by atoms with Gasteiger partial charge >= 0.3 is 0 Å². The van der Waals surface area contributed by atoms with Gasteiger partial charge in [-0.2, -0.15) is 0 Å². The second kappa shape index (κ2) is 8.49. The number of hydrogen-bond donors (Lipinski definition) is 0. The van der Waals surface area contributed by atoms with Crippen molar-refractivity contribution < 1.29 is 9.53 Å². The van der Waals surface area contributed by atoms with Gasteiger partial charge in [-0.25, -0.2) is 0 Å². The molecule has 5 heteroatoms. The van der Waals surface area contributed by atoms with Gasteiger partial charge in [0.1, 0.15) is 0 Å². The van der Waals surface area contributed by atoms with E-state index < -0.39 is 0 Å². The first-order valence-corrected chi connectivity index (χ1v) is 9.10. The van der Waals surface area contributed by atoms with Gasteiger partial charge in [0.2, 0.25) is 5.91 Å². The van der Waals surface area contributed by atoms with Crippen LogP contribution in [-0.2, 0) is 9.53 Å². The molecule has 0 N–H and O–H groups in total. The number of piperazine rings is 1. The Kier molecular flexibility index (Phi) is 6.10. The topological polar surface area (TPSA) is 36.0 Å². The lowest BCUT2D eigenvalue weighted by Crippen LogP contribution is -2.48. The Morgan fingerprint density at radius 3 is 2.62 bits per heavy atom. The highest BCUT2D eigenvalue weighted by atomic mass is 16.5. The summed E-state index contributed by atoms with van der Waals surface area (Å²) in [6, 6.07) is 10.6. The van der Waals surface area contributed by atoms with Crippen molar-refractivity contribution in [3.05, 3.63) is 30.3 Å². The molecule has 2 saturated heterocycles. The standard InChI is InChI=1S/C19H29N3O2/c1-20(19(23)16-18-8-5-15-24-18)9-10-21-11-13-22(14-12-21)17-6-3-2-4-7-17/h2-4,6-7,18H,5,8-16H2,1H3/t18-/m0/s1. The Bertz CT molecular complexity index is 509. The van der Waals surface area contributed by atoms with E-state index in [0.717, 1.165) is 58.7 Å². The number of nitrogens with zero attached hydrogens (tertiary/aromatic N) is 3. The molecule has 0 unspecified atom stereocenters. The summed E-state index contributed by atoms with van der Waals surface area (Å²) >= 11 is 0. The molecule has 1 aromatic carbocycles. The highest BCUT2D eigenvalue weighted by molar-refractivity contribution is 5.76. The van der Waals surface area contributed by atoms with Crippen LogP contribution in [0.5, 0.6) is 0 Å². The lowest BCUT2D eigenvalue weighted by Gasteiger charge is -2.36. The number of benzene rings is 1. The zero-order valence-electron chi connectivity index (χ0n) is 14.7. The first-order chi connectivity index (χ1) is 11.7. The molecule has 2 aliphatic rings. The van der Waals surface area contributed by atoms with Crippen LogP contribution in [0.1, 0.15) is 19.3 Å². The highest BCUT2D eigenvalue weighted by Gasteiger charge is 2.22. The van der Waals surface area contributed by atoms with E-state index >= 15 is 0 Å². The van der Waals surface area contributed by atoms with Gasteiger partial charge in [-0.15, -0.1) is 0 Å². The van der Waals surface area contributed by atoms with Crippen LogP contribution < -0.4 is 4.90 Å². The van der Waals surface area contributed by atoms with E-state index in [1.165, 1.54) is 5.69 Å². The number of para-hydroxylation sites is 1. The molecule has 2 heterocycles. The van der Waals surface area contributed by atoms with Gasteiger partial charge < -0.3 is 14.5 Å². The fourth-order valence-electron chi connectivity index (χ4n) is 3.44. The molecule has 0 bridgehead atoms. The number of hydrogen-bond acceptors (Lipinski definition) is 4. The van der Waals surface area contributed by atoms with Gasteiger partial charge in [-0.3, -0.25) is 9.69 Å². The molecule has 1 atom stereocenters. The Labute approximate surface area is 145 Å². The average Bonchev–Trinajstić information content (AvgIpc) is 3.14. The Balaban J connectivity index is 1.36. The molecular formula is C19H29N3O2. The summed E-state index contributed by atoms with van der Waals surface area (Å²) < 4.78 is 5.56. The second-order valence-electron chi connectivity index (χ2n) is 6.82. The zero-order valence-corrected chi connectivity index (χ0v) is 14.7. The van der Waals surface area contributed by atoms with Crippen molar-refractivity contribution in [2.24, 2.45) is 0 Å². The number of rotatable bonds is 6. The van der Waals surface area contributed by atoms with Crippen LogP contribution in [0.4, 0.5) is 5.69 Å². The SMILES string of the molecule is CN(CCN1CCN(c2ccccc2)CC1)C(=O)C[C@@H]1CCCO1. The van der Waals surface area contributed by atoms with Crippen molar-refractivity contribution in [3.63, 3.8) is 0 Å². The minimum atomic E-state index is 0.148. The van der Waals surface area contributed by atoms with E-state index in [-0.39, 0.29) is 12.0 Å². The van der Waals surface area contributed by atoms with Crippen LogP contribution in [0.2, 0.25) is 0 Å². The number of ether oxygens (including phenoxy) is 1. The maximum Gasteiger partial charge on any atom is 0.224 e. The second-order valence-corrected chi connectivity index (χ2v) is 6.82. The van der Waals surface area contributed by atoms with Crippen molar-refractivity contribution in [3.8, 4) is 0 Å². The molecule has 0 aromatic heterocycles. The number of carbonyl (C=O) groups excluding carboxylic acids is 1. The van der Waals surface area contributed by atoms with Gasteiger partial charge in [-0.1, -0.05) is 18.2 Å². The molecule has 0 saturated carbocycles. The smallest absolute Gasteiger partial charge is 0.224 e. The molecule has 0 aliphatic carbocycles. The molecule has 3 rings (SSSR count). The Morgan fingerprint density at radius 2 is 1.96 bits per heavy atom. The van der Waals surface area contributed by atoms with Crippen LogP contribution in [0.3, 0.4) is 0 Å². The summed E-state index contributed by atoms with van der Waals surface area (Å²) in [7, 11) is 1.91. The Morgan fingerprint density at radius 1 is 1.21 bits per heavy atom. The third-order valence-electron chi connectivity index (χ3n) is 5.10. The number of amides is 1. The summed E-state index contributed by atoms with van der Waals surface area (Å²) in [5.74, 6) is 0.213. The quantitative estimate of drug-likeness (QED) is 0.797. The van der Waals surface area contributed by atoms with Gasteiger partial charge in [0, 0.05) is 58.6 Å². The van der Waals surface area contributed by atoms with Crippen molar-refractivity contribution >= 4 is 11.6 Å². The Hall–Kier alpha value is -1.59. The molecule has 24 heavy (non-hydrogen) atoms. The fraction of sp³-hybridized carbons (Fsp3) is 0.632. The normalized spacial score (nSPS) is 21.9. The zero-order chi connectivity index (χ0) is 16.8. The van der Waals surface area contributed by atoms with Crippen LogP contribution in [0.15, 0.2) is 30.3 Å². The number of likely N-dealkylation sites (N-methyl/N-ethyl adjacent to an activating group) is 1. The predicted octanol–water partition coefficient (Wildman–Crippen LogP) is 1.84. The number of carbonyl (C=O) groups is 1. The minimum absolute atomic E-state index is 0.148. The monoisotopic (exact) mass is 331 g/mol. The summed E-state index contributed by atoms with van der Waals surface area (Å²) in [6.45, 7) is 6.79. The summed E-state index contributed by atoms with van der Waals surface area (Å²) in [5, 5.41) is 0.